The lowest BCUT2D eigenvalue weighted by molar-refractivity contribution is 0.196. The van der Waals surface area contributed by atoms with Gasteiger partial charge in [0.15, 0.2) is 11.6 Å². The summed E-state index contributed by atoms with van der Waals surface area (Å²) in [4.78, 5) is 0. The van der Waals surface area contributed by atoms with Crippen LogP contribution >= 0.6 is 0 Å². The molecule has 1 fully saturated rings. The van der Waals surface area contributed by atoms with Crippen molar-refractivity contribution in [3.63, 3.8) is 0 Å². The summed E-state index contributed by atoms with van der Waals surface area (Å²) < 4.78 is 56.5. The molecule has 144 valence electrons. The van der Waals surface area contributed by atoms with Crippen LogP contribution < -0.4 is 0 Å². The van der Waals surface area contributed by atoms with Gasteiger partial charge in [0.05, 0.1) is 5.56 Å². The van der Waals surface area contributed by atoms with Crippen molar-refractivity contribution in [2.75, 3.05) is 0 Å². The van der Waals surface area contributed by atoms with E-state index in [0.29, 0.717) is 30.2 Å². The second-order valence-corrected chi connectivity index (χ2v) is 8.34. The molecule has 0 aliphatic heterocycles. The highest BCUT2D eigenvalue weighted by Gasteiger charge is 2.31. The maximum atomic E-state index is 15.1. The van der Waals surface area contributed by atoms with Crippen LogP contribution in [-0.2, 0) is 12.8 Å². The molecule has 0 bridgehead atoms. The van der Waals surface area contributed by atoms with Gasteiger partial charge >= 0.3 is 0 Å². The predicted octanol–water partition coefficient (Wildman–Crippen LogP) is 6.84. The van der Waals surface area contributed by atoms with Gasteiger partial charge in [0.25, 0.3) is 0 Å². The van der Waals surface area contributed by atoms with Gasteiger partial charge in [-0.15, -0.1) is 0 Å². The predicted molar refractivity (Wildman–Crippen MR) is 98.3 cm³/mol. The van der Waals surface area contributed by atoms with E-state index in [1.165, 1.54) is 37.8 Å². The largest absolute Gasteiger partial charge is 0.206 e. The Morgan fingerprint density at radius 1 is 0.778 bits per heavy atom. The Labute approximate surface area is 157 Å². The van der Waals surface area contributed by atoms with Crippen LogP contribution in [0.4, 0.5) is 17.6 Å². The lowest BCUT2D eigenvalue weighted by Gasteiger charge is -2.36. The lowest BCUT2D eigenvalue weighted by atomic mass is 9.70. The molecule has 2 aromatic carbocycles. The van der Waals surface area contributed by atoms with E-state index in [1.54, 1.807) is 0 Å². The van der Waals surface area contributed by atoms with Crippen LogP contribution in [0, 0.1) is 41.0 Å². The monoisotopic (exact) mass is 376 g/mol. The maximum Gasteiger partial charge on any atom is 0.159 e. The molecule has 0 aromatic heterocycles. The highest BCUT2D eigenvalue weighted by molar-refractivity contribution is 5.67. The summed E-state index contributed by atoms with van der Waals surface area (Å²) in [5, 5.41) is 0. The highest BCUT2D eigenvalue weighted by Crippen LogP contribution is 2.41. The molecule has 2 aliphatic carbocycles. The van der Waals surface area contributed by atoms with Crippen molar-refractivity contribution in [3.05, 3.63) is 58.7 Å². The summed E-state index contributed by atoms with van der Waals surface area (Å²) in [6.07, 6.45) is 7.09. The van der Waals surface area contributed by atoms with E-state index in [2.05, 4.69) is 6.92 Å². The molecular formula is C23H24F4. The minimum Gasteiger partial charge on any atom is -0.206 e. The molecule has 0 heterocycles. The normalized spacial score (nSPS) is 25.3. The molecule has 0 nitrogen and oxygen atoms in total. The van der Waals surface area contributed by atoms with E-state index in [9.17, 15) is 13.2 Å². The van der Waals surface area contributed by atoms with Crippen LogP contribution in [0.2, 0.25) is 0 Å². The fourth-order valence-electron chi connectivity index (χ4n) is 4.95. The average molecular weight is 376 g/mol. The summed E-state index contributed by atoms with van der Waals surface area (Å²) in [6, 6.07) is 4.40. The van der Waals surface area contributed by atoms with Crippen molar-refractivity contribution in [1.29, 1.82) is 0 Å². The average Bonchev–Trinajstić information content (AvgIpc) is 2.65. The molecule has 2 aromatic rings. The number of benzene rings is 2. The van der Waals surface area contributed by atoms with Crippen molar-refractivity contribution in [2.24, 2.45) is 17.8 Å². The Bertz CT molecular complexity index is 850. The van der Waals surface area contributed by atoms with Crippen LogP contribution in [0.1, 0.15) is 50.2 Å². The van der Waals surface area contributed by atoms with E-state index in [-0.39, 0.29) is 11.1 Å². The van der Waals surface area contributed by atoms with Gasteiger partial charge in [-0.1, -0.05) is 25.8 Å². The topological polar surface area (TPSA) is 0 Å². The van der Waals surface area contributed by atoms with Gasteiger partial charge in [0.1, 0.15) is 11.6 Å². The Morgan fingerprint density at radius 3 is 2.22 bits per heavy atom. The van der Waals surface area contributed by atoms with Crippen LogP contribution in [0.5, 0.6) is 0 Å². The first-order valence-electron chi connectivity index (χ1n) is 9.89. The maximum absolute atomic E-state index is 15.1. The molecule has 0 radical (unpaired) electrons. The molecule has 27 heavy (non-hydrogen) atoms. The van der Waals surface area contributed by atoms with E-state index < -0.39 is 23.3 Å². The van der Waals surface area contributed by atoms with E-state index in [4.69, 9.17) is 0 Å². The third kappa shape index (κ3) is 3.51. The Morgan fingerprint density at radius 2 is 1.52 bits per heavy atom. The number of hydrogen-bond acceptors (Lipinski definition) is 0. The molecule has 1 unspecified atom stereocenters. The molecule has 0 amide bonds. The Kier molecular flexibility index (Phi) is 5.00. The summed E-state index contributed by atoms with van der Waals surface area (Å²) >= 11 is 0. The molecule has 2 aliphatic rings. The zero-order valence-corrected chi connectivity index (χ0v) is 15.5. The number of rotatable bonds is 2. The summed E-state index contributed by atoms with van der Waals surface area (Å²) in [5.74, 6) is -1.53. The fraction of sp³-hybridized carbons (Fsp3) is 0.478. The van der Waals surface area contributed by atoms with Crippen molar-refractivity contribution in [2.45, 2.75) is 51.9 Å². The van der Waals surface area contributed by atoms with Crippen LogP contribution in [0.3, 0.4) is 0 Å². The lowest BCUT2D eigenvalue weighted by Crippen LogP contribution is -2.26. The summed E-state index contributed by atoms with van der Waals surface area (Å²) in [7, 11) is 0. The standard InChI is InChI=1S/C23H24F4/c1-13-2-4-14(5-3-13)15-6-8-18-17(10-15)12-21(26)22(23(18)27)16-7-9-19(24)20(25)11-16/h7,9,11-15H,2-6,8,10H2,1H3. The first kappa shape index (κ1) is 18.5. The molecular weight excluding hydrogens is 352 g/mol. The van der Waals surface area contributed by atoms with Crippen LogP contribution in [-0.4, -0.2) is 0 Å². The van der Waals surface area contributed by atoms with Gasteiger partial charge in [-0.05, 0) is 84.7 Å². The molecule has 1 saturated carbocycles. The van der Waals surface area contributed by atoms with E-state index in [0.717, 1.165) is 30.0 Å². The van der Waals surface area contributed by atoms with Crippen molar-refractivity contribution < 1.29 is 17.6 Å². The Balaban J connectivity index is 1.64. The first-order chi connectivity index (χ1) is 12.9. The molecule has 0 spiro atoms. The molecule has 4 rings (SSSR count). The van der Waals surface area contributed by atoms with Crippen molar-refractivity contribution in [1.82, 2.24) is 0 Å². The zero-order chi connectivity index (χ0) is 19.1. The van der Waals surface area contributed by atoms with Gasteiger partial charge in [0, 0.05) is 0 Å². The zero-order valence-electron chi connectivity index (χ0n) is 15.5. The fourth-order valence-corrected chi connectivity index (χ4v) is 4.95. The SMILES string of the molecule is CC1CCC(C2CCc3c(cc(F)c(-c4ccc(F)c(F)c4)c3F)C2)CC1. The second-order valence-electron chi connectivity index (χ2n) is 8.34. The van der Waals surface area contributed by atoms with Gasteiger partial charge in [-0.3, -0.25) is 0 Å². The van der Waals surface area contributed by atoms with Crippen molar-refractivity contribution >= 4 is 0 Å². The number of hydrogen-bond donors (Lipinski definition) is 0. The third-order valence-electron chi connectivity index (χ3n) is 6.59. The van der Waals surface area contributed by atoms with E-state index >= 15 is 4.39 Å². The highest BCUT2D eigenvalue weighted by atomic mass is 19.2. The second kappa shape index (κ2) is 7.29. The molecule has 4 heteroatoms. The van der Waals surface area contributed by atoms with Crippen LogP contribution in [0.25, 0.3) is 11.1 Å². The van der Waals surface area contributed by atoms with E-state index in [1.807, 2.05) is 0 Å². The van der Waals surface area contributed by atoms with Crippen LogP contribution in [0.15, 0.2) is 24.3 Å². The Hall–Kier alpha value is -1.84. The number of halogens is 4. The first-order valence-corrected chi connectivity index (χ1v) is 9.89. The third-order valence-corrected chi connectivity index (χ3v) is 6.59. The minimum absolute atomic E-state index is 0.0371. The summed E-state index contributed by atoms with van der Waals surface area (Å²) in [5.41, 5.74) is 1.07. The van der Waals surface area contributed by atoms with Crippen molar-refractivity contribution in [3.8, 4) is 11.1 Å². The molecule has 1 atom stereocenters. The van der Waals surface area contributed by atoms with Gasteiger partial charge in [-0.25, -0.2) is 17.6 Å². The van der Waals surface area contributed by atoms with Gasteiger partial charge in [-0.2, -0.15) is 0 Å². The van der Waals surface area contributed by atoms with Gasteiger partial charge < -0.3 is 0 Å². The molecule has 0 N–H and O–H groups in total. The quantitative estimate of drug-likeness (QED) is 0.503. The smallest absolute Gasteiger partial charge is 0.159 e. The minimum atomic E-state index is -1.10. The summed E-state index contributed by atoms with van der Waals surface area (Å²) in [6.45, 7) is 2.29. The van der Waals surface area contributed by atoms with Gasteiger partial charge in [0.2, 0.25) is 0 Å². The molecule has 0 saturated heterocycles. The number of fused-ring (bicyclic) bond motifs is 1.